The molecule has 1 fully saturated rings. The molecular formula is C72H123NO10. The molecule has 0 bridgehead atoms. The Hall–Kier alpha value is -3.68. The normalized spacial score (nSPS) is 19.3. The van der Waals surface area contributed by atoms with Gasteiger partial charge in [0.05, 0.1) is 25.4 Å². The van der Waals surface area contributed by atoms with Gasteiger partial charge in [-0.15, -0.1) is 0 Å². The summed E-state index contributed by atoms with van der Waals surface area (Å²) in [6.07, 6.45) is 69.7. The Kier molecular flexibility index (Phi) is 54.7. The minimum absolute atomic E-state index is 0.110. The number of unbranched alkanes of at least 4 members (excludes halogenated alkanes) is 26. The van der Waals surface area contributed by atoms with Crippen LogP contribution in [-0.4, -0.2) is 99.6 Å². The number of nitrogens with one attached hydrogen (secondary N) is 1. The van der Waals surface area contributed by atoms with Crippen molar-refractivity contribution in [2.45, 2.75) is 320 Å². The van der Waals surface area contributed by atoms with E-state index in [1.165, 1.54) is 103 Å². The third kappa shape index (κ3) is 46.2. The van der Waals surface area contributed by atoms with E-state index in [1.807, 2.05) is 6.08 Å². The van der Waals surface area contributed by atoms with Crippen LogP contribution in [0.25, 0.3) is 0 Å². The number of carbonyl (C=O) groups excluding carboxylic acids is 2. The summed E-state index contributed by atoms with van der Waals surface area (Å²) < 4.78 is 17.7. The van der Waals surface area contributed by atoms with E-state index < -0.39 is 67.4 Å². The van der Waals surface area contributed by atoms with E-state index in [4.69, 9.17) is 14.2 Å². The molecule has 1 rings (SSSR count). The fourth-order valence-corrected chi connectivity index (χ4v) is 9.86. The molecule has 11 nitrogen and oxygen atoms in total. The average molecular weight is 1160 g/mol. The molecule has 476 valence electrons. The number of carbonyl (C=O) groups is 2. The second kappa shape index (κ2) is 58.7. The lowest BCUT2D eigenvalue weighted by Crippen LogP contribution is -2.61. The number of esters is 1. The van der Waals surface area contributed by atoms with E-state index in [1.54, 1.807) is 6.08 Å². The standard InChI is InChI=1S/C72H123NO10/c1-4-7-10-13-16-19-22-25-27-29-31-32-33-35-36-38-41-44-47-50-53-56-59-65(76)71(80)73-63(64(75)58-55-52-49-46-43-40-24-21-18-15-12-9-6-3)62-81-72-70(69(79)68(78)66(61-74)82-72)83-67(77)60-57-54-51-48-45-42-39-37-34-30-28-26-23-20-17-14-11-8-5-2/h7,10,16-17,19-20,25-28,31-32,35-36,41,44,55,58,63-66,68-70,72,74-76,78-79H,4-6,8-9,11-15,18,21-24,29-30,33-34,37-40,42-43,45-54,56-57,59-62H2,1-3H3,(H,73,80)/b10-7-,19-16-,20-17-,27-25-,28-26-,32-31-,36-35-,44-41-,58-55+. The van der Waals surface area contributed by atoms with Gasteiger partial charge in [-0.2, -0.15) is 0 Å². The maximum Gasteiger partial charge on any atom is 0.306 e. The number of aliphatic hydroxyl groups excluding tert-OH is 5. The van der Waals surface area contributed by atoms with Gasteiger partial charge in [0.1, 0.15) is 24.4 Å². The third-order valence-corrected chi connectivity index (χ3v) is 15.2. The second-order valence-corrected chi connectivity index (χ2v) is 22.8. The average Bonchev–Trinajstić information content (AvgIpc) is 3.54. The molecule has 1 aliphatic rings. The van der Waals surface area contributed by atoms with Crippen molar-refractivity contribution < 1.29 is 49.3 Å². The van der Waals surface area contributed by atoms with Crippen LogP contribution in [0.2, 0.25) is 0 Å². The Labute approximate surface area is 507 Å². The second-order valence-electron chi connectivity index (χ2n) is 22.8. The zero-order valence-electron chi connectivity index (χ0n) is 52.8. The molecular weight excluding hydrogens is 1040 g/mol. The molecule has 1 amide bonds. The van der Waals surface area contributed by atoms with Gasteiger partial charge in [0, 0.05) is 6.42 Å². The number of allylic oxidation sites excluding steroid dienone is 17. The van der Waals surface area contributed by atoms with Crippen molar-refractivity contribution in [3.63, 3.8) is 0 Å². The van der Waals surface area contributed by atoms with Crippen LogP contribution >= 0.6 is 0 Å². The van der Waals surface area contributed by atoms with Crippen LogP contribution < -0.4 is 5.32 Å². The lowest BCUT2D eigenvalue weighted by Gasteiger charge is -2.41. The van der Waals surface area contributed by atoms with Gasteiger partial charge in [0.15, 0.2) is 12.4 Å². The summed E-state index contributed by atoms with van der Waals surface area (Å²) in [6, 6.07) is -1.05. The number of hydrogen-bond acceptors (Lipinski definition) is 10. The van der Waals surface area contributed by atoms with Crippen molar-refractivity contribution in [2.75, 3.05) is 13.2 Å². The quantitative estimate of drug-likeness (QED) is 0.0195. The van der Waals surface area contributed by atoms with Gasteiger partial charge in [-0.25, -0.2) is 0 Å². The summed E-state index contributed by atoms with van der Waals surface area (Å²) in [5, 5.41) is 57.1. The maximum atomic E-state index is 13.5. The Morgan fingerprint density at radius 1 is 0.482 bits per heavy atom. The van der Waals surface area contributed by atoms with Crippen molar-refractivity contribution in [3.05, 3.63) is 109 Å². The van der Waals surface area contributed by atoms with E-state index in [0.29, 0.717) is 12.8 Å². The highest BCUT2D eigenvalue weighted by atomic mass is 16.7. The zero-order valence-corrected chi connectivity index (χ0v) is 52.8. The van der Waals surface area contributed by atoms with Gasteiger partial charge in [-0.05, 0) is 109 Å². The van der Waals surface area contributed by atoms with Crippen molar-refractivity contribution in [2.24, 2.45) is 0 Å². The highest BCUT2D eigenvalue weighted by Gasteiger charge is 2.47. The molecule has 11 heteroatoms. The summed E-state index contributed by atoms with van der Waals surface area (Å²) in [4.78, 5) is 26.6. The van der Waals surface area contributed by atoms with Gasteiger partial charge in [-0.3, -0.25) is 9.59 Å². The molecule has 8 unspecified atom stereocenters. The van der Waals surface area contributed by atoms with Crippen LogP contribution in [0.1, 0.15) is 271 Å². The van der Waals surface area contributed by atoms with Crippen LogP contribution in [0, 0.1) is 0 Å². The summed E-state index contributed by atoms with van der Waals surface area (Å²) in [6.45, 7) is 5.64. The third-order valence-electron chi connectivity index (χ3n) is 15.2. The first-order valence-corrected chi connectivity index (χ1v) is 33.7. The zero-order chi connectivity index (χ0) is 60.3. The number of hydrogen-bond donors (Lipinski definition) is 6. The molecule has 0 aromatic heterocycles. The molecule has 0 radical (unpaired) electrons. The topological polar surface area (TPSA) is 175 Å². The van der Waals surface area contributed by atoms with Crippen LogP contribution in [-0.2, 0) is 23.8 Å². The Balaban J connectivity index is 2.68. The summed E-state index contributed by atoms with van der Waals surface area (Å²) in [5.74, 6) is -1.23. The highest BCUT2D eigenvalue weighted by Crippen LogP contribution is 2.26. The SMILES string of the molecule is CC/C=C\C/C=C\C/C=C\C/C=C\C/C=C\C/C=C\CCCCCC(O)C(=O)NC(COC1OC(CO)C(O)C(O)C1OC(=O)CCCCCCCCCCC/C=C\C/C=C\CCCCC)C(O)/C=C/CCCCCCCCCCCCC. The molecule has 0 spiro atoms. The van der Waals surface area contributed by atoms with E-state index in [0.717, 1.165) is 122 Å². The highest BCUT2D eigenvalue weighted by molar-refractivity contribution is 5.80. The van der Waals surface area contributed by atoms with Crippen molar-refractivity contribution in [3.8, 4) is 0 Å². The number of rotatable bonds is 56. The first kappa shape index (κ1) is 77.3. The first-order chi connectivity index (χ1) is 40.7. The number of aliphatic hydroxyl groups is 5. The van der Waals surface area contributed by atoms with E-state index >= 15 is 0 Å². The Morgan fingerprint density at radius 3 is 1.33 bits per heavy atom. The smallest absolute Gasteiger partial charge is 0.306 e. The minimum Gasteiger partial charge on any atom is -0.454 e. The van der Waals surface area contributed by atoms with Gasteiger partial charge < -0.3 is 45.1 Å². The van der Waals surface area contributed by atoms with E-state index in [9.17, 15) is 35.1 Å². The monoisotopic (exact) mass is 1160 g/mol. The van der Waals surface area contributed by atoms with Crippen LogP contribution in [0.4, 0.5) is 0 Å². The predicted molar refractivity (Wildman–Crippen MR) is 347 cm³/mol. The number of ether oxygens (including phenoxy) is 3. The molecule has 0 aliphatic carbocycles. The fraction of sp³-hybridized carbons (Fsp3) is 0.722. The first-order valence-electron chi connectivity index (χ1n) is 33.7. The molecule has 8 atom stereocenters. The predicted octanol–water partition coefficient (Wildman–Crippen LogP) is 16.8. The largest absolute Gasteiger partial charge is 0.454 e. The summed E-state index contributed by atoms with van der Waals surface area (Å²) in [7, 11) is 0. The lowest BCUT2D eigenvalue weighted by atomic mass is 9.99. The molecule has 0 aromatic rings. The van der Waals surface area contributed by atoms with Gasteiger partial charge in [0.25, 0.3) is 0 Å². The molecule has 83 heavy (non-hydrogen) atoms. The summed E-state index contributed by atoms with van der Waals surface area (Å²) >= 11 is 0. The molecule has 1 heterocycles. The van der Waals surface area contributed by atoms with Crippen LogP contribution in [0.5, 0.6) is 0 Å². The van der Waals surface area contributed by atoms with Gasteiger partial charge in [0.2, 0.25) is 5.91 Å². The lowest BCUT2D eigenvalue weighted by molar-refractivity contribution is -0.305. The molecule has 0 saturated carbocycles. The molecule has 0 aromatic carbocycles. The van der Waals surface area contributed by atoms with Gasteiger partial charge in [-0.1, -0.05) is 265 Å². The van der Waals surface area contributed by atoms with Crippen molar-refractivity contribution in [1.82, 2.24) is 5.32 Å². The summed E-state index contributed by atoms with van der Waals surface area (Å²) in [5.41, 5.74) is 0. The fourth-order valence-electron chi connectivity index (χ4n) is 9.86. The van der Waals surface area contributed by atoms with Crippen molar-refractivity contribution >= 4 is 11.9 Å². The minimum atomic E-state index is -1.63. The maximum absolute atomic E-state index is 13.5. The number of amides is 1. The molecule has 6 N–H and O–H groups in total. The van der Waals surface area contributed by atoms with Crippen molar-refractivity contribution in [1.29, 1.82) is 0 Å². The van der Waals surface area contributed by atoms with Gasteiger partial charge >= 0.3 is 5.97 Å². The van der Waals surface area contributed by atoms with E-state index in [-0.39, 0.29) is 19.4 Å². The molecule has 1 saturated heterocycles. The van der Waals surface area contributed by atoms with E-state index in [2.05, 4.69) is 123 Å². The Bertz CT molecular complexity index is 1770. The van der Waals surface area contributed by atoms with Crippen LogP contribution in [0.3, 0.4) is 0 Å². The van der Waals surface area contributed by atoms with Crippen LogP contribution in [0.15, 0.2) is 109 Å². The molecule has 1 aliphatic heterocycles. The Morgan fingerprint density at radius 2 is 0.867 bits per heavy atom.